The summed E-state index contributed by atoms with van der Waals surface area (Å²) in [6.07, 6.45) is 12.9. The Bertz CT molecular complexity index is 1960. The van der Waals surface area contributed by atoms with Gasteiger partial charge in [-0.1, -0.05) is 105 Å². The van der Waals surface area contributed by atoms with Gasteiger partial charge in [0.15, 0.2) is 0 Å². The molecule has 2 aliphatic heterocycles. The van der Waals surface area contributed by atoms with Crippen LogP contribution in [0, 0.1) is 0 Å². The Morgan fingerprint density at radius 1 is 0.541 bits per heavy atom. The molecular weight excluding hydrogens is 871 g/mol. The van der Waals surface area contributed by atoms with Gasteiger partial charge >= 0.3 is 53.4 Å². The van der Waals surface area contributed by atoms with Crippen molar-refractivity contribution < 1.29 is 37.0 Å². The van der Waals surface area contributed by atoms with Crippen LogP contribution in [0.25, 0.3) is 0 Å². The maximum Gasteiger partial charge on any atom is 2.00 e. The number of fused-ring (bicyclic) bond motifs is 4. The van der Waals surface area contributed by atoms with E-state index in [-0.39, 0.29) is 37.7 Å². The van der Waals surface area contributed by atoms with Crippen LogP contribution in [0.1, 0.15) is 138 Å². The minimum Gasteiger partial charge on any atom is -0.736 e. The number of hydrogen-bond acceptors (Lipinski definition) is 10. The Kier molecular flexibility index (Phi) is 21.0. The van der Waals surface area contributed by atoms with Crippen LogP contribution in [0.5, 0.6) is 23.0 Å². The third-order valence-electron chi connectivity index (χ3n) is 11.1. The van der Waals surface area contributed by atoms with E-state index < -0.39 is 15.6 Å². The van der Waals surface area contributed by atoms with Crippen molar-refractivity contribution in [3.63, 3.8) is 0 Å². The first kappa shape index (κ1) is 52.0. The summed E-state index contributed by atoms with van der Waals surface area (Å²) in [5.74, 6) is 1.65. The fraction of sp³-hybridized carbons (Fsp3) is 0.500. The summed E-state index contributed by atoms with van der Waals surface area (Å²) >= 11 is 3.40. The Hall–Kier alpha value is -1.58. The summed E-state index contributed by atoms with van der Waals surface area (Å²) in [7, 11) is -9.13. The van der Waals surface area contributed by atoms with E-state index in [1.54, 1.807) is 35.7 Å². The average molecular weight is 935 g/mol. The van der Waals surface area contributed by atoms with Gasteiger partial charge in [0, 0.05) is 10.5 Å². The van der Waals surface area contributed by atoms with Crippen LogP contribution in [0.15, 0.2) is 70.5 Å². The van der Waals surface area contributed by atoms with Gasteiger partial charge in [-0.25, -0.2) is 9.13 Å². The summed E-state index contributed by atoms with van der Waals surface area (Å²) in [6, 6.07) is 19.7. The van der Waals surface area contributed by atoms with Crippen LogP contribution < -0.4 is 27.9 Å². The second kappa shape index (κ2) is 24.6. The molecule has 8 nitrogen and oxygen atoms in total. The van der Waals surface area contributed by atoms with Crippen LogP contribution in [0.4, 0.5) is 0 Å². The molecule has 0 aliphatic carbocycles. The van der Waals surface area contributed by atoms with E-state index in [2.05, 4.69) is 67.5 Å². The molecule has 4 aromatic carbocycles. The van der Waals surface area contributed by atoms with Crippen molar-refractivity contribution in [2.45, 2.75) is 166 Å². The van der Waals surface area contributed by atoms with E-state index in [9.17, 15) is 18.9 Å². The number of hydrogen-bond donors (Lipinski definition) is 0. The number of phosphoric acid groups is 2. The van der Waals surface area contributed by atoms with E-state index >= 15 is 0 Å². The molecule has 0 N–H and O–H groups in total. The smallest absolute Gasteiger partial charge is 0.736 e. The quantitative estimate of drug-likeness (QED) is 0.0626. The normalized spacial score (nSPS) is 17.1. The Morgan fingerprint density at radius 3 is 1.23 bits per heavy atom. The summed E-state index contributed by atoms with van der Waals surface area (Å²) in [6.45, 7) is 16.9. The molecule has 61 heavy (non-hydrogen) atoms. The molecule has 328 valence electrons. The molecule has 4 bridgehead atoms. The van der Waals surface area contributed by atoms with E-state index in [1.165, 1.54) is 22.3 Å². The first-order valence-electron chi connectivity index (χ1n) is 22.1. The predicted octanol–water partition coefficient (Wildman–Crippen LogP) is 12.6. The summed E-state index contributed by atoms with van der Waals surface area (Å²) in [5, 5.41) is 0.893. The molecule has 0 radical (unpaired) electrons. The van der Waals surface area contributed by atoms with E-state index in [4.69, 9.17) is 18.1 Å². The van der Waals surface area contributed by atoms with Gasteiger partial charge in [-0.3, -0.25) is 0 Å². The van der Waals surface area contributed by atoms with Gasteiger partial charge in [0.05, 0.1) is 9.79 Å². The number of thioether (sulfide) groups is 2. The second-order valence-corrected chi connectivity index (χ2v) is 20.8. The van der Waals surface area contributed by atoms with Crippen LogP contribution in [0.2, 0.25) is 0 Å². The topological polar surface area (TPSA) is 117 Å². The van der Waals surface area contributed by atoms with Crippen LogP contribution >= 0.6 is 39.2 Å². The largest absolute Gasteiger partial charge is 2.00 e. The van der Waals surface area contributed by atoms with Crippen molar-refractivity contribution in [3.05, 3.63) is 105 Å². The SMILES string of the molecule is CCCCc1cc(CC)ccc1OP(=O)([O-])Oc1c2cc(CC)cc1SC(CC)C2.CCCCc1cc(CC)ccc1OP(=O)([O-])Oc1c2cc(CC)cc1SC(CC)C2.[Ca+2]. The average Bonchev–Trinajstić information content (AvgIpc) is 3.22. The Balaban J connectivity index is 0.000000264. The van der Waals surface area contributed by atoms with Crippen molar-refractivity contribution in [1.82, 2.24) is 0 Å². The number of aryl methyl sites for hydroxylation is 6. The van der Waals surface area contributed by atoms with Gasteiger partial charge in [-0.15, -0.1) is 23.5 Å². The summed E-state index contributed by atoms with van der Waals surface area (Å²) < 4.78 is 47.9. The van der Waals surface area contributed by atoms with Crippen molar-refractivity contribution in [1.29, 1.82) is 0 Å². The van der Waals surface area contributed by atoms with E-state index in [0.29, 0.717) is 33.5 Å². The zero-order valence-electron chi connectivity index (χ0n) is 37.5. The van der Waals surface area contributed by atoms with Crippen LogP contribution in [0.3, 0.4) is 0 Å². The van der Waals surface area contributed by atoms with Crippen molar-refractivity contribution in [2.24, 2.45) is 0 Å². The standard InChI is InChI=1S/2C24H33O4PS.Ca/c2*1-5-9-10-19-13-17(6-2)11-12-22(19)27-29(25,26)28-24-20-14-18(7-3)15-23(24)30-21(8-4)16-20;/h2*11-15,21H,5-10,16H2,1-4H3,(H,25,26);/q;;+2/p-2. The Labute approximate surface area is 404 Å². The third kappa shape index (κ3) is 14.7. The monoisotopic (exact) mass is 934 g/mol. The number of phosphoric ester groups is 2. The fourth-order valence-electron chi connectivity index (χ4n) is 7.44. The molecule has 4 aromatic rings. The maximum atomic E-state index is 12.9. The number of rotatable bonds is 20. The third-order valence-corrected chi connectivity index (χ3v) is 15.5. The molecule has 4 unspecified atom stereocenters. The van der Waals surface area contributed by atoms with Crippen molar-refractivity contribution >= 4 is 76.9 Å². The zero-order valence-corrected chi connectivity index (χ0v) is 43.1. The molecule has 0 aromatic heterocycles. The Morgan fingerprint density at radius 2 is 0.918 bits per heavy atom. The van der Waals surface area contributed by atoms with Crippen LogP contribution in [-0.4, -0.2) is 48.2 Å². The van der Waals surface area contributed by atoms with Gasteiger partial charge in [-0.05, 0) is 146 Å². The van der Waals surface area contributed by atoms with Gasteiger partial charge in [0.25, 0.3) is 0 Å². The van der Waals surface area contributed by atoms with Gasteiger partial charge in [0.2, 0.25) is 0 Å². The van der Waals surface area contributed by atoms with Gasteiger partial charge in [0.1, 0.15) is 23.0 Å². The molecule has 2 aliphatic rings. The second-order valence-electron chi connectivity index (χ2n) is 15.6. The van der Waals surface area contributed by atoms with Crippen molar-refractivity contribution in [2.75, 3.05) is 0 Å². The minimum absolute atomic E-state index is 0. The summed E-state index contributed by atoms with van der Waals surface area (Å²) in [5.41, 5.74) is 8.51. The molecule has 6 rings (SSSR count). The zero-order chi connectivity index (χ0) is 43.5. The van der Waals surface area contributed by atoms with E-state index in [0.717, 1.165) is 122 Å². The number of unbranched alkanes of at least 4 members (excludes halogenated alkanes) is 2. The number of benzene rings is 4. The molecule has 4 atom stereocenters. The molecule has 2 heterocycles. The maximum absolute atomic E-state index is 12.9. The summed E-state index contributed by atoms with van der Waals surface area (Å²) in [4.78, 5) is 27.5. The molecule has 0 spiro atoms. The van der Waals surface area contributed by atoms with Crippen molar-refractivity contribution in [3.8, 4) is 23.0 Å². The van der Waals surface area contributed by atoms with Gasteiger partial charge < -0.3 is 27.9 Å². The minimum atomic E-state index is -4.57. The predicted molar refractivity (Wildman–Crippen MR) is 251 cm³/mol. The van der Waals surface area contributed by atoms with Gasteiger partial charge in [-0.2, -0.15) is 0 Å². The fourth-order valence-corrected chi connectivity index (χ4v) is 11.9. The first-order chi connectivity index (χ1) is 28.8. The van der Waals surface area contributed by atoms with Crippen LogP contribution in [-0.2, 0) is 60.5 Å². The molecule has 0 saturated carbocycles. The molecular formula is C48H64CaO8P2S2. The molecule has 0 fully saturated rings. The van der Waals surface area contributed by atoms with E-state index in [1.807, 2.05) is 36.4 Å². The first-order valence-corrected chi connectivity index (χ1v) is 26.7. The molecule has 13 heteroatoms. The molecule has 0 saturated heterocycles. The molecule has 0 amide bonds.